The lowest BCUT2D eigenvalue weighted by Crippen LogP contribution is -2.50. The Morgan fingerprint density at radius 2 is 2.24 bits per heavy atom. The van der Waals surface area contributed by atoms with E-state index in [0.717, 1.165) is 18.5 Å². The van der Waals surface area contributed by atoms with Crippen LogP contribution < -0.4 is 5.32 Å². The van der Waals surface area contributed by atoms with Gasteiger partial charge in [-0.2, -0.15) is 0 Å². The minimum Gasteiger partial charge on any atom is -0.480 e. The molecule has 21 heavy (non-hydrogen) atoms. The molecule has 7 heteroatoms. The summed E-state index contributed by atoms with van der Waals surface area (Å²) in [6.07, 6.45) is 3.82. The van der Waals surface area contributed by atoms with Gasteiger partial charge in [0.1, 0.15) is 6.04 Å². The minimum atomic E-state index is -0.932. The van der Waals surface area contributed by atoms with Gasteiger partial charge < -0.3 is 10.4 Å². The third kappa shape index (κ3) is 3.12. The van der Waals surface area contributed by atoms with Crippen molar-refractivity contribution in [1.82, 2.24) is 15.2 Å². The van der Waals surface area contributed by atoms with Crippen LogP contribution in [0.4, 0.5) is 4.79 Å². The summed E-state index contributed by atoms with van der Waals surface area (Å²) in [5, 5.41) is 12.1. The molecule has 0 aromatic carbocycles. The molecule has 1 saturated carbocycles. The molecule has 2 N–H and O–H groups in total. The molecule has 2 atom stereocenters. The lowest BCUT2D eigenvalue weighted by molar-refractivity contribution is -0.141. The summed E-state index contributed by atoms with van der Waals surface area (Å²) in [4.78, 5) is 29.4. The van der Waals surface area contributed by atoms with E-state index in [2.05, 4.69) is 10.3 Å². The van der Waals surface area contributed by atoms with Crippen molar-refractivity contribution in [3.8, 4) is 0 Å². The molecule has 2 unspecified atom stereocenters. The molecule has 6 nitrogen and oxygen atoms in total. The smallest absolute Gasteiger partial charge is 0.327 e. The maximum Gasteiger partial charge on any atom is 0.327 e. The highest BCUT2D eigenvalue weighted by atomic mass is 32.2. The largest absolute Gasteiger partial charge is 0.480 e. The van der Waals surface area contributed by atoms with Crippen molar-refractivity contribution in [1.29, 1.82) is 0 Å². The number of hydrogen-bond acceptors (Lipinski definition) is 4. The zero-order valence-corrected chi connectivity index (χ0v) is 12.3. The number of urea groups is 1. The second kappa shape index (κ2) is 5.93. The number of aliphatic carboxylic acids is 1. The molecule has 112 valence electrons. The van der Waals surface area contributed by atoms with E-state index in [0.29, 0.717) is 18.2 Å². The molecule has 1 aromatic heterocycles. The van der Waals surface area contributed by atoms with Crippen molar-refractivity contribution >= 4 is 23.8 Å². The van der Waals surface area contributed by atoms with Crippen molar-refractivity contribution in [3.63, 3.8) is 0 Å². The van der Waals surface area contributed by atoms with Crippen molar-refractivity contribution in [3.05, 3.63) is 30.1 Å². The van der Waals surface area contributed by atoms with Gasteiger partial charge in [0.2, 0.25) is 0 Å². The predicted octanol–water partition coefficient (Wildman–Crippen LogP) is 1.53. The summed E-state index contributed by atoms with van der Waals surface area (Å²) in [6.45, 7) is 0.310. The molecule has 0 radical (unpaired) electrons. The molecule has 0 spiro atoms. The van der Waals surface area contributed by atoms with Gasteiger partial charge in [-0.3, -0.25) is 9.88 Å². The molecule has 2 heterocycles. The average Bonchev–Trinajstić information content (AvgIpc) is 3.24. The number of hydrogen-bond donors (Lipinski definition) is 2. The van der Waals surface area contributed by atoms with E-state index in [1.807, 2.05) is 18.2 Å². The number of thioether (sulfide) groups is 1. The standard InChI is InChI=1S/C14H17N3O3S/c18-13(19)11-8-21-12(9-4-5-9)17(11)14(20)16-7-10-3-1-2-6-15-10/h1-3,6,9,11-12H,4-5,7-8H2,(H,16,20)(H,18,19). The Kier molecular flexibility index (Phi) is 4.01. The fraction of sp³-hybridized carbons (Fsp3) is 0.500. The van der Waals surface area contributed by atoms with Crippen molar-refractivity contribution in [2.75, 3.05) is 5.75 Å². The van der Waals surface area contributed by atoms with E-state index in [9.17, 15) is 14.7 Å². The second-order valence-corrected chi connectivity index (χ2v) is 6.45. The van der Waals surface area contributed by atoms with Crippen LogP contribution in [0.3, 0.4) is 0 Å². The van der Waals surface area contributed by atoms with Crippen LogP contribution in [0.2, 0.25) is 0 Å². The van der Waals surface area contributed by atoms with Gasteiger partial charge in [-0.1, -0.05) is 6.07 Å². The van der Waals surface area contributed by atoms with Crippen LogP contribution >= 0.6 is 11.8 Å². The number of rotatable bonds is 4. The topological polar surface area (TPSA) is 82.5 Å². The van der Waals surface area contributed by atoms with Gasteiger partial charge in [0.05, 0.1) is 17.6 Å². The number of carbonyl (C=O) groups excluding carboxylic acids is 1. The third-order valence-electron chi connectivity index (χ3n) is 3.73. The Bertz CT molecular complexity index is 536. The quantitative estimate of drug-likeness (QED) is 0.881. The number of nitrogens with one attached hydrogen (secondary N) is 1. The number of carboxylic acid groups (broad SMARTS) is 1. The van der Waals surface area contributed by atoms with Gasteiger partial charge in [0.25, 0.3) is 0 Å². The maximum absolute atomic E-state index is 12.4. The molecule has 0 bridgehead atoms. The van der Waals surface area contributed by atoms with Crippen LogP contribution in [0.1, 0.15) is 18.5 Å². The van der Waals surface area contributed by atoms with Gasteiger partial charge in [0.15, 0.2) is 0 Å². The first-order valence-electron chi connectivity index (χ1n) is 6.97. The van der Waals surface area contributed by atoms with E-state index in [1.165, 1.54) is 4.90 Å². The first kappa shape index (κ1) is 14.2. The number of carboxylic acids is 1. The molecule has 3 rings (SSSR count). The van der Waals surface area contributed by atoms with Crippen LogP contribution in [0, 0.1) is 5.92 Å². The lowest BCUT2D eigenvalue weighted by Gasteiger charge is -2.27. The molecular weight excluding hydrogens is 290 g/mol. The van der Waals surface area contributed by atoms with E-state index in [4.69, 9.17) is 0 Å². The highest BCUT2D eigenvalue weighted by Gasteiger charge is 2.48. The summed E-state index contributed by atoms with van der Waals surface area (Å²) < 4.78 is 0. The Morgan fingerprint density at radius 3 is 2.86 bits per heavy atom. The van der Waals surface area contributed by atoms with Gasteiger partial charge in [0, 0.05) is 11.9 Å². The van der Waals surface area contributed by atoms with Crippen LogP contribution in [-0.4, -0.2) is 44.2 Å². The molecular formula is C14H17N3O3S. The van der Waals surface area contributed by atoms with E-state index >= 15 is 0 Å². The highest BCUT2D eigenvalue weighted by Crippen LogP contribution is 2.45. The number of amides is 2. The number of carbonyl (C=O) groups is 2. The average molecular weight is 307 g/mol. The summed E-state index contributed by atoms with van der Waals surface area (Å²) >= 11 is 1.58. The normalized spacial score (nSPS) is 24.9. The summed E-state index contributed by atoms with van der Waals surface area (Å²) in [5.74, 6) is -0.0216. The van der Waals surface area contributed by atoms with Gasteiger partial charge >= 0.3 is 12.0 Å². The van der Waals surface area contributed by atoms with Crippen LogP contribution in [0.5, 0.6) is 0 Å². The Balaban J connectivity index is 1.66. The third-order valence-corrected chi connectivity index (χ3v) is 5.19. The summed E-state index contributed by atoms with van der Waals surface area (Å²) in [7, 11) is 0. The Labute approximate surface area is 126 Å². The molecule has 1 aliphatic heterocycles. The fourth-order valence-corrected chi connectivity index (χ4v) is 4.11. The van der Waals surface area contributed by atoms with Crippen molar-refractivity contribution < 1.29 is 14.7 Å². The zero-order chi connectivity index (χ0) is 14.8. The fourth-order valence-electron chi connectivity index (χ4n) is 2.48. The predicted molar refractivity (Wildman–Crippen MR) is 78.7 cm³/mol. The number of nitrogens with zero attached hydrogens (tertiary/aromatic N) is 2. The van der Waals surface area contributed by atoms with Crippen LogP contribution in [-0.2, 0) is 11.3 Å². The van der Waals surface area contributed by atoms with Crippen molar-refractivity contribution in [2.45, 2.75) is 30.8 Å². The van der Waals surface area contributed by atoms with Crippen LogP contribution in [0.15, 0.2) is 24.4 Å². The zero-order valence-electron chi connectivity index (χ0n) is 11.4. The number of pyridine rings is 1. The highest BCUT2D eigenvalue weighted by molar-refractivity contribution is 8.00. The first-order valence-corrected chi connectivity index (χ1v) is 8.02. The SMILES string of the molecule is O=C(O)C1CSC(C2CC2)N1C(=O)NCc1ccccn1. The van der Waals surface area contributed by atoms with Crippen LogP contribution in [0.25, 0.3) is 0 Å². The number of aromatic nitrogens is 1. The van der Waals surface area contributed by atoms with E-state index in [-0.39, 0.29) is 11.4 Å². The molecule has 2 fully saturated rings. The second-order valence-electron chi connectivity index (χ2n) is 5.30. The summed E-state index contributed by atoms with van der Waals surface area (Å²) in [5.41, 5.74) is 0.757. The maximum atomic E-state index is 12.4. The molecule has 1 saturated heterocycles. The monoisotopic (exact) mass is 307 g/mol. The molecule has 1 aromatic rings. The Morgan fingerprint density at radius 1 is 1.43 bits per heavy atom. The molecule has 1 aliphatic carbocycles. The van der Waals surface area contributed by atoms with E-state index < -0.39 is 12.0 Å². The molecule has 2 aliphatic rings. The van der Waals surface area contributed by atoms with Gasteiger partial charge in [-0.25, -0.2) is 9.59 Å². The summed E-state index contributed by atoms with van der Waals surface area (Å²) in [6, 6.07) is 4.45. The van der Waals surface area contributed by atoms with Gasteiger partial charge in [-0.15, -0.1) is 11.8 Å². The minimum absolute atomic E-state index is 0.00478. The lowest BCUT2D eigenvalue weighted by atomic mass is 10.2. The van der Waals surface area contributed by atoms with E-state index in [1.54, 1.807) is 18.0 Å². The Hall–Kier alpha value is -1.76. The van der Waals surface area contributed by atoms with Crippen molar-refractivity contribution in [2.24, 2.45) is 5.92 Å². The first-order chi connectivity index (χ1) is 10.2. The molecule has 2 amide bonds. The van der Waals surface area contributed by atoms with Gasteiger partial charge in [-0.05, 0) is 30.9 Å².